The molecule has 0 unspecified atom stereocenters. The number of hydrogen-bond acceptors (Lipinski definition) is 4. The van der Waals surface area contributed by atoms with Gasteiger partial charge in [0.05, 0.1) is 11.1 Å². The predicted octanol–water partition coefficient (Wildman–Crippen LogP) is 6.89. The van der Waals surface area contributed by atoms with Crippen molar-refractivity contribution in [3.8, 4) is 0 Å². The first kappa shape index (κ1) is 22.4. The van der Waals surface area contributed by atoms with Crippen molar-refractivity contribution < 1.29 is 9.59 Å². The van der Waals surface area contributed by atoms with E-state index in [2.05, 4.69) is 15.6 Å². The Hall–Kier alpha value is -4.42. The number of carbonyl (C=O) groups is 2. The Morgan fingerprint density at radius 3 is 2.00 bits per heavy atom. The summed E-state index contributed by atoms with van der Waals surface area (Å²) in [6.07, 6.45) is 3.59. The van der Waals surface area contributed by atoms with Gasteiger partial charge in [-0.05, 0) is 60.0 Å². The molecule has 0 spiro atoms. The SMILES string of the molecule is O=C(Nc1ccccc1)c1ccc(Sc2cccc3cnccc23)cc1C(=O)Nc1ccccc1. The normalized spacial score (nSPS) is 10.6. The monoisotopic (exact) mass is 475 g/mol. The molecule has 0 aliphatic heterocycles. The molecule has 35 heavy (non-hydrogen) atoms. The minimum atomic E-state index is -0.348. The minimum absolute atomic E-state index is 0.300. The van der Waals surface area contributed by atoms with Crippen molar-refractivity contribution in [3.05, 3.63) is 127 Å². The van der Waals surface area contributed by atoms with Crippen molar-refractivity contribution in [3.63, 3.8) is 0 Å². The van der Waals surface area contributed by atoms with Crippen molar-refractivity contribution in [1.29, 1.82) is 0 Å². The van der Waals surface area contributed by atoms with E-state index in [0.29, 0.717) is 22.5 Å². The van der Waals surface area contributed by atoms with Gasteiger partial charge < -0.3 is 10.6 Å². The van der Waals surface area contributed by atoms with Crippen LogP contribution in [0.3, 0.4) is 0 Å². The topological polar surface area (TPSA) is 71.1 Å². The maximum absolute atomic E-state index is 13.3. The molecule has 0 aliphatic rings. The third-order valence-corrected chi connectivity index (χ3v) is 6.48. The number of aromatic nitrogens is 1. The number of carbonyl (C=O) groups excluding carboxylic acids is 2. The maximum Gasteiger partial charge on any atom is 0.256 e. The molecule has 0 aliphatic carbocycles. The predicted molar refractivity (Wildman–Crippen MR) is 141 cm³/mol. The highest BCUT2D eigenvalue weighted by molar-refractivity contribution is 7.99. The summed E-state index contributed by atoms with van der Waals surface area (Å²) in [7, 11) is 0. The van der Waals surface area contributed by atoms with Gasteiger partial charge in [0.1, 0.15) is 0 Å². The van der Waals surface area contributed by atoms with Crippen LogP contribution in [0.1, 0.15) is 20.7 Å². The highest BCUT2D eigenvalue weighted by Crippen LogP contribution is 2.34. The Labute approximate surface area is 207 Å². The Balaban J connectivity index is 1.50. The van der Waals surface area contributed by atoms with Crippen molar-refractivity contribution in [1.82, 2.24) is 4.98 Å². The highest BCUT2D eigenvalue weighted by atomic mass is 32.2. The minimum Gasteiger partial charge on any atom is -0.322 e. The molecule has 5 rings (SSSR count). The number of amides is 2. The van der Waals surface area contributed by atoms with Crippen LogP contribution in [0.4, 0.5) is 11.4 Å². The van der Waals surface area contributed by atoms with Crippen LogP contribution in [-0.2, 0) is 0 Å². The van der Waals surface area contributed by atoms with Crippen LogP contribution in [0.25, 0.3) is 10.8 Å². The molecule has 0 saturated carbocycles. The van der Waals surface area contributed by atoms with E-state index in [1.54, 1.807) is 30.5 Å². The van der Waals surface area contributed by atoms with Gasteiger partial charge in [-0.25, -0.2) is 0 Å². The molecule has 0 radical (unpaired) electrons. The number of rotatable bonds is 6. The molecule has 0 bridgehead atoms. The summed E-state index contributed by atoms with van der Waals surface area (Å²) in [6.45, 7) is 0. The van der Waals surface area contributed by atoms with Gasteiger partial charge in [0.15, 0.2) is 0 Å². The number of nitrogens with one attached hydrogen (secondary N) is 2. The lowest BCUT2D eigenvalue weighted by atomic mass is 10.1. The van der Waals surface area contributed by atoms with E-state index in [1.165, 1.54) is 11.8 Å². The molecule has 6 heteroatoms. The van der Waals surface area contributed by atoms with Crippen molar-refractivity contribution in [2.75, 3.05) is 10.6 Å². The van der Waals surface area contributed by atoms with Crippen LogP contribution in [-0.4, -0.2) is 16.8 Å². The average Bonchev–Trinajstić information content (AvgIpc) is 2.90. The Morgan fingerprint density at radius 1 is 0.657 bits per heavy atom. The molecule has 4 aromatic carbocycles. The zero-order valence-corrected chi connectivity index (χ0v) is 19.5. The summed E-state index contributed by atoms with van der Waals surface area (Å²) < 4.78 is 0. The van der Waals surface area contributed by atoms with E-state index in [1.807, 2.05) is 85.1 Å². The van der Waals surface area contributed by atoms with Gasteiger partial charge in [-0.15, -0.1) is 0 Å². The fourth-order valence-electron chi connectivity index (χ4n) is 3.72. The molecule has 170 valence electrons. The number of anilines is 2. The number of para-hydroxylation sites is 2. The molecule has 1 heterocycles. The van der Waals surface area contributed by atoms with E-state index >= 15 is 0 Å². The smallest absolute Gasteiger partial charge is 0.256 e. The summed E-state index contributed by atoms with van der Waals surface area (Å²) in [4.78, 5) is 32.5. The lowest BCUT2D eigenvalue weighted by Crippen LogP contribution is -2.20. The fraction of sp³-hybridized carbons (Fsp3) is 0. The maximum atomic E-state index is 13.3. The fourth-order valence-corrected chi connectivity index (χ4v) is 4.73. The van der Waals surface area contributed by atoms with Crippen LogP contribution >= 0.6 is 11.8 Å². The van der Waals surface area contributed by atoms with Crippen LogP contribution in [0.2, 0.25) is 0 Å². The van der Waals surface area contributed by atoms with Gasteiger partial charge in [-0.1, -0.05) is 60.3 Å². The van der Waals surface area contributed by atoms with Gasteiger partial charge in [0, 0.05) is 38.9 Å². The van der Waals surface area contributed by atoms with E-state index in [4.69, 9.17) is 0 Å². The van der Waals surface area contributed by atoms with Crippen molar-refractivity contribution >= 4 is 45.7 Å². The van der Waals surface area contributed by atoms with Crippen molar-refractivity contribution in [2.45, 2.75) is 9.79 Å². The molecule has 0 atom stereocenters. The molecular weight excluding hydrogens is 454 g/mol. The van der Waals surface area contributed by atoms with Gasteiger partial charge in [-0.2, -0.15) is 0 Å². The molecule has 1 aromatic heterocycles. The second-order valence-corrected chi connectivity index (χ2v) is 8.92. The van der Waals surface area contributed by atoms with Crippen LogP contribution in [0, 0.1) is 0 Å². The number of fused-ring (bicyclic) bond motifs is 1. The second kappa shape index (κ2) is 10.2. The highest BCUT2D eigenvalue weighted by Gasteiger charge is 2.19. The third-order valence-electron chi connectivity index (χ3n) is 5.41. The first-order chi connectivity index (χ1) is 17.2. The van der Waals surface area contributed by atoms with Crippen LogP contribution < -0.4 is 10.6 Å². The standard InChI is InChI=1S/C29H21N3O2S/c33-28(31-21-9-3-1-4-10-21)25-15-14-23(18-26(25)29(34)32-22-11-5-2-6-12-22)35-27-13-7-8-20-19-30-17-16-24(20)27/h1-19H,(H,31,33)(H,32,34). The first-order valence-electron chi connectivity index (χ1n) is 11.0. The number of pyridine rings is 1. The summed E-state index contributed by atoms with van der Waals surface area (Å²) in [5.41, 5.74) is 1.92. The van der Waals surface area contributed by atoms with Gasteiger partial charge in [0.25, 0.3) is 11.8 Å². The lowest BCUT2D eigenvalue weighted by Gasteiger charge is -2.13. The first-order valence-corrected chi connectivity index (χ1v) is 11.9. The Kier molecular flexibility index (Phi) is 6.55. The van der Waals surface area contributed by atoms with Gasteiger partial charge in [-0.3, -0.25) is 14.6 Å². The third kappa shape index (κ3) is 5.23. The number of hydrogen-bond donors (Lipinski definition) is 2. The Bertz CT molecular complexity index is 1500. The van der Waals surface area contributed by atoms with Gasteiger partial charge >= 0.3 is 0 Å². The summed E-state index contributed by atoms with van der Waals surface area (Å²) in [6, 6.07) is 31.7. The molecule has 5 aromatic rings. The quantitative estimate of drug-likeness (QED) is 0.280. The number of benzene rings is 4. The Morgan fingerprint density at radius 2 is 1.31 bits per heavy atom. The molecule has 0 saturated heterocycles. The molecule has 2 N–H and O–H groups in total. The molecular formula is C29H21N3O2S. The lowest BCUT2D eigenvalue weighted by molar-refractivity contribution is 0.0990. The molecule has 0 fully saturated rings. The second-order valence-electron chi connectivity index (χ2n) is 7.80. The van der Waals surface area contributed by atoms with E-state index < -0.39 is 0 Å². The van der Waals surface area contributed by atoms with Crippen LogP contribution in [0.5, 0.6) is 0 Å². The molecule has 5 nitrogen and oxygen atoms in total. The largest absolute Gasteiger partial charge is 0.322 e. The van der Waals surface area contributed by atoms with E-state index in [-0.39, 0.29) is 11.8 Å². The summed E-state index contributed by atoms with van der Waals surface area (Å²) in [5.74, 6) is -0.693. The number of nitrogens with zero attached hydrogens (tertiary/aromatic N) is 1. The van der Waals surface area contributed by atoms with Crippen LogP contribution in [0.15, 0.2) is 125 Å². The van der Waals surface area contributed by atoms with E-state index in [9.17, 15) is 9.59 Å². The van der Waals surface area contributed by atoms with Gasteiger partial charge in [0.2, 0.25) is 0 Å². The zero-order chi connectivity index (χ0) is 24.0. The van der Waals surface area contributed by atoms with Crippen molar-refractivity contribution in [2.24, 2.45) is 0 Å². The zero-order valence-electron chi connectivity index (χ0n) is 18.6. The average molecular weight is 476 g/mol. The summed E-state index contributed by atoms with van der Waals surface area (Å²) >= 11 is 1.54. The summed E-state index contributed by atoms with van der Waals surface area (Å²) in [5, 5.41) is 7.90. The molecule has 2 amide bonds. The van der Waals surface area contributed by atoms with E-state index in [0.717, 1.165) is 20.6 Å².